The van der Waals surface area contributed by atoms with Gasteiger partial charge in [-0.05, 0) is 25.5 Å². The molecule has 6 heteroatoms. The number of nitrogens with one attached hydrogen (secondary N) is 1. The summed E-state index contributed by atoms with van der Waals surface area (Å²) >= 11 is 0. The Morgan fingerprint density at radius 3 is 2.83 bits per heavy atom. The second-order valence-corrected chi connectivity index (χ2v) is 4.56. The molecule has 2 aromatic heterocycles. The van der Waals surface area contributed by atoms with Crippen molar-refractivity contribution in [3.8, 4) is 11.6 Å². The van der Waals surface area contributed by atoms with Crippen molar-refractivity contribution in [1.29, 1.82) is 0 Å². The molecule has 0 aliphatic carbocycles. The zero-order valence-electron chi connectivity index (χ0n) is 10.3. The average Bonchev–Trinajstić information content (AvgIpc) is 3.09. The van der Waals surface area contributed by atoms with E-state index in [1.54, 1.807) is 18.5 Å². The first-order chi connectivity index (χ1) is 8.84. The fourth-order valence-electron chi connectivity index (χ4n) is 2.32. The molecule has 1 atom stereocenters. The Hall–Kier alpha value is -1.82. The van der Waals surface area contributed by atoms with E-state index in [1.165, 1.54) is 0 Å². The molecule has 3 rings (SSSR count). The van der Waals surface area contributed by atoms with Crippen LogP contribution < -0.4 is 5.32 Å². The van der Waals surface area contributed by atoms with Crippen LogP contribution in [0.5, 0.6) is 0 Å². The highest BCUT2D eigenvalue weighted by atomic mass is 16.5. The van der Waals surface area contributed by atoms with Gasteiger partial charge in [0.05, 0.1) is 5.41 Å². The molecule has 1 saturated heterocycles. The summed E-state index contributed by atoms with van der Waals surface area (Å²) in [6.07, 6.45) is 5.36. The molecule has 0 aromatic carbocycles. The summed E-state index contributed by atoms with van der Waals surface area (Å²) in [7, 11) is 0. The molecule has 94 valence electrons. The molecule has 1 N–H and O–H groups in total. The molecule has 18 heavy (non-hydrogen) atoms. The quantitative estimate of drug-likeness (QED) is 0.874. The summed E-state index contributed by atoms with van der Waals surface area (Å²) in [4.78, 5) is 12.7. The smallest absolute Gasteiger partial charge is 0.240 e. The lowest BCUT2D eigenvalue weighted by Crippen LogP contribution is -2.28. The Bertz CT molecular complexity index is 518. The molecule has 1 unspecified atom stereocenters. The van der Waals surface area contributed by atoms with Crippen molar-refractivity contribution in [3.63, 3.8) is 0 Å². The number of hydrogen-bond donors (Lipinski definition) is 1. The summed E-state index contributed by atoms with van der Waals surface area (Å²) in [5.41, 5.74) is -0.0277. The first-order valence-electron chi connectivity index (χ1n) is 6.16. The maximum absolute atomic E-state index is 5.42. The van der Waals surface area contributed by atoms with Crippen LogP contribution in [-0.2, 0) is 5.41 Å². The largest absolute Gasteiger partial charge is 0.338 e. The third-order valence-corrected chi connectivity index (χ3v) is 3.57. The van der Waals surface area contributed by atoms with Gasteiger partial charge in [0, 0.05) is 18.9 Å². The summed E-state index contributed by atoms with van der Waals surface area (Å²) < 4.78 is 5.42. The maximum Gasteiger partial charge on any atom is 0.240 e. The van der Waals surface area contributed by atoms with Gasteiger partial charge in [0.2, 0.25) is 17.5 Å². The lowest BCUT2D eigenvalue weighted by Gasteiger charge is -2.20. The summed E-state index contributed by atoms with van der Waals surface area (Å²) in [6.45, 7) is 4.03. The third kappa shape index (κ3) is 1.78. The molecule has 2 aromatic rings. The van der Waals surface area contributed by atoms with Crippen molar-refractivity contribution in [3.05, 3.63) is 24.4 Å². The SMILES string of the molecule is CCC1(c2nc(-c3ncccn3)no2)CCNC1. The van der Waals surface area contributed by atoms with Crippen molar-refractivity contribution in [2.45, 2.75) is 25.2 Å². The van der Waals surface area contributed by atoms with Gasteiger partial charge in [0.25, 0.3) is 0 Å². The van der Waals surface area contributed by atoms with E-state index in [0.29, 0.717) is 17.5 Å². The Balaban J connectivity index is 1.94. The summed E-state index contributed by atoms with van der Waals surface area (Å²) in [5.74, 6) is 1.66. The molecule has 3 heterocycles. The molecule has 0 bridgehead atoms. The van der Waals surface area contributed by atoms with Crippen molar-refractivity contribution in [2.24, 2.45) is 0 Å². The van der Waals surface area contributed by atoms with Crippen LogP contribution in [0.3, 0.4) is 0 Å². The van der Waals surface area contributed by atoms with E-state index >= 15 is 0 Å². The fraction of sp³-hybridized carbons (Fsp3) is 0.500. The molecule has 6 nitrogen and oxygen atoms in total. The highest BCUT2D eigenvalue weighted by Crippen LogP contribution is 2.33. The fourth-order valence-corrected chi connectivity index (χ4v) is 2.32. The van der Waals surface area contributed by atoms with E-state index in [-0.39, 0.29) is 5.41 Å². The predicted molar refractivity (Wildman–Crippen MR) is 64.8 cm³/mol. The molecular formula is C12H15N5O. The molecule has 0 saturated carbocycles. The zero-order chi connectivity index (χ0) is 12.4. The highest BCUT2D eigenvalue weighted by Gasteiger charge is 2.39. The van der Waals surface area contributed by atoms with Crippen LogP contribution >= 0.6 is 0 Å². The van der Waals surface area contributed by atoms with E-state index in [1.807, 2.05) is 0 Å². The van der Waals surface area contributed by atoms with Crippen molar-refractivity contribution in [2.75, 3.05) is 13.1 Å². The standard InChI is InChI=1S/C12H15N5O/c1-2-12(4-7-13-8-12)11-16-10(17-18-11)9-14-5-3-6-15-9/h3,5-6,13H,2,4,7-8H2,1H3. The molecule has 1 aliphatic rings. The van der Waals surface area contributed by atoms with Crippen LogP contribution in [0.4, 0.5) is 0 Å². The first kappa shape index (κ1) is 11.3. The minimum Gasteiger partial charge on any atom is -0.338 e. The summed E-state index contributed by atoms with van der Waals surface area (Å²) in [6, 6.07) is 1.76. The van der Waals surface area contributed by atoms with Crippen LogP contribution in [0.15, 0.2) is 23.0 Å². The number of rotatable bonds is 3. The van der Waals surface area contributed by atoms with Crippen molar-refractivity contribution < 1.29 is 4.52 Å². The maximum atomic E-state index is 5.42. The second-order valence-electron chi connectivity index (χ2n) is 4.56. The Morgan fingerprint density at radius 1 is 1.33 bits per heavy atom. The van der Waals surface area contributed by atoms with Crippen LogP contribution in [0, 0.1) is 0 Å². The molecule has 1 aliphatic heterocycles. The van der Waals surface area contributed by atoms with Gasteiger partial charge in [0.1, 0.15) is 0 Å². The topological polar surface area (TPSA) is 76.7 Å². The predicted octanol–water partition coefficient (Wildman–Crippen LogP) is 1.17. The normalized spacial score (nSPS) is 23.4. The molecule has 1 fully saturated rings. The number of hydrogen-bond acceptors (Lipinski definition) is 6. The second kappa shape index (κ2) is 4.45. The van der Waals surface area contributed by atoms with Crippen LogP contribution in [0.1, 0.15) is 25.7 Å². The highest BCUT2D eigenvalue weighted by molar-refractivity contribution is 5.40. The minimum absolute atomic E-state index is 0.0277. The molecule has 0 amide bonds. The van der Waals surface area contributed by atoms with E-state index in [2.05, 4.69) is 32.3 Å². The molecular weight excluding hydrogens is 230 g/mol. The monoisotopic (exact) mass is 245 g/mol. The molecule has 0 spiro atoms. The Kier molecular flexibility index (Phi) is 2.79. The van der Waals surface area contributed by atoms with Crippen LogP contribution in [-0.4, -0.2) is 33.2 Å². The minimum atomic E-state index is -0.0277. The first-order valence-corrected chi connectivity index (χ1v) is 6.16. The number of nitrogens with zero attached hydrogens (tertiary/aromatic N) is 4. The van der Waals surface area contributed by atoms with E-state index < -0.39 is 0 Å². The average molecular weight is 245 g/mol. The van der Waals surface area contributed by atoms with E-state index in [9.17, 15) is 0 Å². The van der Waals surface area contributed by atoms with Crippen molar-refractivity contribution in [1.82, 2.24) is 25.4 Å². The van der Waals surface area contributed by atoms with Gasteiger partial charge in [-0.15, -0.1) is 0 Å². The van der Waals surface area contributed by atoms with Gasteiger partial charge in [-0.25, -0.2) is 9.97 Å². The van der Waals surface area contributed by atoms with Crippen molar-refractivity contribution >= 4 is 0 Å². The lowest BCUT2D eigenvalue weighted by atomic mass is 9.84. The molecule has 0 radical (unpaired) electrons. The van der Waals surface area contributed by atoms with Crippen LogP contribution in [0.25, 0.3) is 11.6 Å². The van der Waals surface area contributed by atoms with Gasteiger partial charge in [-0.3, -0.25) is 0 Å². The summed E-state index contributed by atoms with van der Waals surface area (Å²) in [5, 5.41) is 7.34. The number of aromatic nitrogens is 4. The Morgan fingerprint density at radius 2 is 2.17 bits per heavy atom. The van der Waals surface area contributed by atoms with Crippen LogP contribution in [0.2, 0.25) is 0 Å². The van der Waals surface area contributed by atoms with Gasteiger partial charge in [-0.1, -0.05) is 12.1 Å². The lowest BCUT2D eigenvalue weighted by molar-refractivity contribution is 0.285. The Labute approximate surface area is 105 Å². The van der Waals surface area contributed by atoms with E-state index in [4.69, 9.17) is 4.52 Å². The van der Waals surface area contributed by atoms with Gasteiger partial charge in [-0.2, -0.15) is 4.98 Å². The van der Waals surface area contributed by atoms with Gasteiger partial charge in [0.15, 0.2) is 0 Å². The van der Waals surface area contributed by atoms with E-state index in [0.717, 1.165) is 25.9 Å². The van der Waals surface area contributed by atoms with Gasteiger partial charge < -0.3 is 9.84 Å². The van der Waals surface area contributed by atoms with Gasteiger partial charge >= 0.3 is 0 Å². The zero-order valence-corrected chi connectivity index (χ0v) is 10.3. The third-order valence-electron chi connectivity index (χ3n) is 3.57.